The molecule has 0 amide bonds. The molecule has 0 unspecified atom stereocenters. The smallest absolute Gasteiger partial charge is 0.263 e. The topological polar surface area (TPSA) is 115 Å². The van der Waals surface area contributed by atoms with Gasteiger partial charge >= 0.3 is 0 Å². The number of sulfonamides is 1. The van der Waals surface area contributed by atoms with E-state index in [0.717, 1.165) is 6.20 Å². The number of rotatable bonds is 5. The van der Waals surface area contributed by atoms with Crippen LogP contribution in [0.15, 0.2) is 29.6 Å². The predicted octanol–water partition coefficient (Wildman–Crippen LogP) is 1.04. The molecule has 0 saturated carbocycles. The Kier molecular flexibility index (Phi) is 4.12. The molecule has 0 fully saturated rings. The van der Waals surface area contributed by atoms with Gasteiger partial charge in [-0.2, -0.15) is 5.10 Å². The Bertz CT molecular complexity index is 714. The van der Waals surface area contributed by atoms with Gasteiger partial charge in [-0.1, -0.05) is 11.6 Å². The molecular weight excluding hydrogens is 304 g/mol. The lowest BCUT2D eigenvalue weighted by atomic mass is 10.5. The highest BCUT2D eigenvalue weighted by atomic mass is 35.5. The van der Waals surface area contributed by atoms with Gasteiger partial charge in [-0.25, -0.2) is 19.2 Å². The maximum atomic E-state index is 12.2. The summed E-state index contributed by atoms with van der Waals surface area (Å²) in [5.41, 5.74) is 2.63. The second-order valence-corrected chi connectivity index (χ2v) is 5.93. The Morgan fingerprint density at radius 3 is 2.75 bits per heavy atom. The van der Waals surface area contributed by atoms with E-state index >= 15 is 0 Å². The molecule has 0 aromatic carbocycles. The van der Waals surface area contributed by atoms with Gasteiger partial charge in [0.25, 0.3) is 10.0 Å². The van der Waals surface area contributed by atoms with E-state index in [0.29, 0.717) is 12.2 Å². The minimum atomic E-state index is -3.77. The molecule has 4 N–H and O–H groups in total. The van der Waals surface area contributed by atoms with Gasteiger partial charge in [-0.05, 0) is 13.0 Å². The van der Waals surface area contributed by atoms with Crippen molar-refractivity contribution in [2.24, 2.45) is 5.84 Å². The van der Waals surface area contributed by atoms with Crippen LogP contribution in [0, 0.1) is 0 Å². The van der Waals surface area contributed by atoms with Crippen molar-refractivity contribution in [3.05, 3.63) is 29.7 Å². The Morgan fingerprint density at radius 2 is 2.20 bits per heavy atom. The Hall–Kier alpha value is -1.84. The number of pyridine rings is 1. The van der Waals surface area contributed by atoms with E-state index in [1.807, 2.05) is 6.92 Å². The largest absolute Gasteiger partial charge is 0.307 e. The molecule has 0 saturated heterocycles. The maximum absolute atomic E-state index is 12.2. The molecule has 0 radical (unpaired) electrons. The van der Waals surface area contributed by atoms with Crippen molar-refractivity contribution in [1.29, 1.82) is 0 Å². The van der Waals surface area contributed by atoms with Gasteiger partial charge in [-0.3, -0.25) is 9.40 Å². The van der Waals surface area contributed by atoms with Gasteiger partial charge < -0.3 is 5.43 Å². The lowest BCUT2D eigenvalue weighted by Crippen LogP contribution is -2.14. The molecule has 2 heterocycles. The zero-order chi connectivity index (χ0) is 14.8. The summed E-state index contributed by atoms with van der Waals surface area (Å²) in [7, 11) is -3.77. The van der Waals surface area contributed by atoms with Crippen LogP contribution in [-0.4, -0.2) is 23.2 Å². The van der Waals surface area contributed by atoms with E-state index in [9.17, 15) is 8.42 Å². The third kappa shape index (κ3) is 3.00. The van der Waals surface area contributed by atoms with Gasteiger partial charge in [0.1, 0.15) is 4.90 Å². The van der Waals surface area contributed by atoms with Crippen LogP contribution in [0.4, 0.5) is 11.5 Å². The second-order valence-electron chi connectivity index (χ2n) is 3.84. The molecule has 0 atom stereocenters. The summed E-state index contributed by atoms with van der Waals surface area (Å²) in [6.45, 7) is 2.54. The van der Waals surface area contributed by atoms with E-state index in [1.54, 1.807) is 10.9 Å². The standard InChI is InChI=1S/C10H13ClN6O2S/c1-2-17-6-7(4-14-17)16-20(18,19)8-3-9(11)10(15-12)13-5-8/h3-6,16H,2,12H2,1H3,(H,13,15). The highest BCUT2D eigenvalue weighted by Crippen LogP contribution is 2.23. The van der Waals surface area contributed by atoms with Crippen molar-refractivity contribution in [2.75, 3.05) is 10.1 Å². The SMILES string of the molecule is CCn1cc(NS(=O)(=O)c2cnc(NN)c(Cl)c2)cn1. The predicted molar refractivity (Wildman–Crippen MR) is 75.8 cm³/mol. The molecule has 108 valence electrons. The van der Waals surface area contributed by atoms with Gasteiger partial charge in [0.05, 0.1) is 16.9 Å². The minimum absolute atomic E-state index is 0.0641. The number of nitrogens with two attached hydrogens (primary N) is 1. The van der Waals surface area contributed by atoms with Crippen molar-refractivity contribution in [3.63, 3.8) is 0 Å². The first-order chi connectivity index (χ1) is 9.46. The van der Waals surface area contributed by atoms with Crippen molar-refractivity contribution in [2.45, 2.75) is 18.4 Å². The van der Waals surface area contributed by atoms with Crippen LogP contribution in [0.1, 0.15) is 6.92 Å². The second kappa shape index (κ2) is 5.65. The van der Waals surface area contributed by atoms with Crippen LogP contribution in [-0.2, 0) is 16.6 Å². The summed E-state index contributed by atoms with van der Waals surface area (Å²) in [5, 5.41) is 4.09. The number of halogens is 1. The average molecular weight is 317 g/mol. The molecule has 20 heavy (non-hydrogen) atoms. The Labute approximate surface area is 121 Å². The fourth-order valence-electron chi connectivity index (χ4n) is 1.48. The molecular formula is C10H13ClN6O2S. The number of nitrogen functional groups attached to an aromatic ring is 1. The summed E-state index contributed by atoms with van der Waals surface area (Å²) >= 11 is 5.85. The molecule has 0 bridgehead atoms. The summed E-state index contributed by atoms with van der Waals surface area (Å²) < 4.78 is 28.3. The van der Waals surface area contributed by atoms with E-state index in [4.69, 9.17) is 17.4 Å². The summed E-state index contributed by atoms with van der Waals surface area (Å²) in [5.74, 6) is 5.38. The van der Waals surface area contributed by atoms with Gasteiger partial charge in [0.2, 0.25) is 0 Å². The number of aryl methyl sites for hydroxylation is 1. The number of hydrazine groups is 1. The van der Waals surface area contributed by atoms with Crippen molar-refractivity contribution >= 4 is 33.1 Å². The van der Waals surface area contributed by atoms with Gasteiger partial charge in [0.15, 0.2) is 5.82 Å². The maximum Gasteiger partial charge on any atom is 0.263 e. The summed E-state index contributed by atoms with van der Waals surface area (Å²) in [6.07, 6.45) is 4.17. The Morgan fingerprint density at radius 1 is 1.45 bits per heavy atom. The van der Waals surface area contributed by atoms with Crippen LogP contribution >= 0.6 is 11.6 Å². The normalized spacial score (nSPS) is 11.3. The monoisotopic (exact) mass is 316 g/mol. The van der Waals surface area contributed by atoms with E-state index in [1.165, 1.54) is 12.3 Å². The quantitative estimate of drug-likeness (QED) is 0.561. The zero-order valence-electron chi connectivity index (χ0n) is 10.5. The van der Waals surface area contributed by atoms with Crippen molar-refractivity contribution < 1.29 is 8.42 Å². The van der Waals surface area contributed by atoms with Crippen molar-refractivity contribution in [1.82, 2.24) is 14.8 Å². The molecule has 0 spiro atoms. The van der Waals surface area contributed by atoms with E-state index < -0.39 is 10.0 Å². The molecule has 10 heteroatoms. The molecule has 2 aromatic heterocycles. The summed E-state index contributed by atoms with van der Waals surface area (Å²) in [6, 6.07) is 1.26. The third-order valence-corrected chi connectivity index (χ3v) is 4.11. The van der Waals surface area contributed by atoms with Gasteiger partial charge in [0, 0.05) is 18.9 Å². The molecule has 0 aliphatic heterocycles. The molecule has 0 aliphatic rings. The first-order valence-electron chi connectivity index (χ1n) is 5.63. The summed E-state index contributed by atoms with van der Waals surface area (Å²) in [4.78, 5) is 3.75. The number of hydrogen-bond acceptors (Lipinski definition) is 6. The molecule has 0 aliphatic carbocycles. The molecule has 8 nitrogen and oxygen atoms in total. The lowest BCUT2D eigenvalue weighted by molar-refractivity contribution is 0.601. The minimum Gasteiger partial charge on any atom is -0.307 e. The zero-order valence-corrected chi connectivity index (χ0v) is 12.1. The first kappa shape index (κ1) is 14.6. The Balaban J connectivity index is 2.28. The van der Waals surface area contributed by atoms with Crippen LogP contribution in [0.3, 0.4) is 0 Å². The van der Waals surface area contributed by atoms with Crippen LogP contribution < -0.4 is 16.0 Å². The molecule has 2 rings (SSSR count). The number of aromatic nitrogens is 3. The van der Waals surface area contributed by atoms with Crippen LogP contribution in [0.5, 0.6) is 0 Å². The third-order valence-electron chi connectivity index (χ3n) is 2.47. The van der Waals surface area contributed by atoms with E-state index in [-0.39, 0.29) is 15.7 Å². The van der Waals surface area contributed by atoms with Crippen LogP contribution in [0.25, 0.3) is 0 Å². The molecule has 2 aromatic rings. The van der Waals surface area contributed by atoms with E-state index in [2.05, 4.69) is 20.2 Å². The fourth-order valence-corrected chi connectivity index (χ4v) is 2.76. The van der Waals surface area contributed by atoms with Crippen LogP contribution in [0.2, 0.25) is 5.02 Å². The number of nitrogens with one attached hydrogen (secondary N) is 2. The number of hydrogen-bond donors (Lipinski definition) is 3. The van der Waals surface area contributed by atoms with Crippen molar-refractivity contribution in [3.8, 4) is 0 Å². The highest BCUT2D eigenvalue weighted by Gasteiger charge is 2.17. The average Bonchev–Trinajstić information content (AvgIpc) is 2.85. The number of anilines is 2. The van der Waals surface area contributed by atoms with Gasteiger partial charge in [-0.15, -0.1) is 0 Å². The lowest BCUT2D eigenvalue weighted by Gasteiger charge is -2.07. The first-order valence-corrected chi connectivity index (χ1v) is 7.50. The number of nitrogens with zero attached hydrogens (tertiary/aromatic N) is 3. The highest BCUT2D eigenvalue weighted by molar-refractivity contribution is 7.92. The fraction of sp³-hybridized carbons (Fsp3) is 0.200.